The molecule has 1 atom stereocenters. The third-order valence-corrected chi connectivity index (χ3v) is 5.53. The number of Topliss-reactive ketones (excluding diaryl/α,β-unsaturated/α-hetero) is 1. The van der Waals surface area contributed by atoms with Gasteiger partial charge in [-0.15, -0.1) is 0 Å². The minimum Gasteiger partial charge on any atom is -0.502 e. The van der Waals surface area contributed by atoms with Crippen molar-refractivity contribution in [2.24, 2.45) is 0 Å². The lowest BCUT2D eigenvalue weighted by Crippen LogP contribution is -2.32. The highest BCUT2D eigenvalue weighted by Gasteiger charge is 2.28. The van der Waals surface area contributed by atoms with Gasteiger partial charge in [0.1, 0.15) is 30.0 Å². The zero-order valence-corrected chi connectivity index (χ0v) is 18.8. The van der Waals surface area contributed by atoms with Gasteiger partial charge in [0.25, 0.3) is 0 Å². The van der Waals surface area contributed by atoms with Crippen LogP contribution in [-0.4, -0.2) is 39.2 Å². The lowest BCUT2D eigenvalue weighted by Gasteiger charge is -2.19. The molecule has 9 nitrogen and oxygen atoms in total. The molecule has 4 rings (SSSR count). The van der Waals surface area contributed by atoms with E-state index in [2.05, 4.69) is 10.3 Å². The SMILES string of the molecule is COc1ccc(C(=O)C(NCCn2c(CO)nc3ccccc32)c2oc(C)cc(=O)c2O)cc1. The summed E-state index contributed by atoms with van der Waals surface area (Å²) >= 11 is 0. The van der Waals surface area contributed by atoms with Gasteiger partial charge in [0.05, 0.1) is 18.1 Å². The summed E-state index contributed by atoms with van der Waals surface area (Å²) in [6.45, 7) is 1.97. The van der Waals surface area contributed by atoms with E-state index >= 15 is 0 Å². The standard InChI is InChI=1S/C25H25N3O6/c1-15-13-20(30)24(32)25(34-15)22(23(31)16-7-9-17(33-2)10-8-16)26-11-12-28-19-6-4-3-5-18(19)27-21(28)14-29/h3-10,13,22,26,29,32H,11-12,14H2,1-2H3. The molecule has 0 spiro atoms. The Labute approximate surface area is 195 Å². The second-order valence-corrected chi connectivity index (χ2v) is 7.74. The Kier molecular flexibility index (Phi) is 6.76. The number of ketones is 1. The van der Waals surface area contributed by atoms with Crippen molar-refractivity contribution in [3.63, 3.8) is 0 Å². The van der Waals surface area contributed by atoms with Crippen molar-refractivity contribution in [1.82, 2.24) is 14.9 Å². The first-order chi connectivity index (χ1) is 16.4. The second kappa shape index (κ2) is 9.90. The van der Waals surface area contributed by atoms with Crippen molar-refractivity contribution in [3.8, 4) is 11.5 Å². The molecular weight excluding hydrogens is 438 g/mol. The molecule has 9 heteroatoms. The largest absolute Gasteiger partial charge is 0.502 e. The van der Waals surface area contributed by atoms with Gasteiger partial charge in [0.2, 0.25) is 11.2 Å². The van der Waals surface area contributed by atoms with Crippen LogP contribution >= 0.6 is 0 Å². The summed E-state index contributed by atoms with van der Waals surface area (Å²) < 4.78 is 12.6. The fourth-order valence-corrected chi connectivity index (χ4v) is 3.86. The third kappa shape index (κ3) is 4.57. The number of aryl methyl sites for hydroxylation is 1. The molecule has 34 heavy (non-hydrogen) atoms. The first-order valence-electron chi connectivity index (χ1n) is 10.7. The molecule has 4 aromatic rings. The highest BCUT2D eigenvalue weighted by Crippen LogP contribution is 2.26. The second-order valence-electron chi connectivity index (χ2n) is 7.74. The molecule has 2 heterocycles. The average molecular weight is 463 g/mol. The number of nitrogens with one attached hydrogen (secondary N) is 1. The number of aromatic hydroxyl groups is 1. The van der Waals surface area contributed by atoms with Gasteiger partial charge in [-0.25, -0.2) is 4.98 Å². The maximum absolute atomic E-state index is 13.4. The van der Waals surface area contributed by atoms with Crippen LogP contribution in [0.5, 0.6) is 11.5 Å². The smallest absolute Gasteiger partial charge is 0.227 e. The Morgan fingerprint density at radius 1 is 1.21 bits per heavy atom. The number of carbonyl (C=O) groups is 1. The van der Waals surface area contributed by atoms with Crippen molar-refractivity contribution in [2.45, 2.75) is 26.1 Å². The van der Waals surface area contributed by atoms with Gasteiger partial charge in [0, 0.05) is 24.7 Å². The fourth-order valence-electron chi connectivity index (χ4n) is 3.86. The molecule has 3 N–H and O–H groups in total. The summed E-state index contributed by atoms with van der Waals surface area (Å²) in [5.74, 6) is 0.207. The Balaban J connectivity index is 1.65. The zero-order valence-electron chi connectivity index (χ0n) is 18.8. The number of aliphatic hydroxyl groups is 1. The maximum Gasteiger partial charge on any atom is 0.227 e. The first kappa shape index (κ1) is 23.2. The number of ether oxygens (including phenoxy) is 1. The van der Waals surface area contributed by atoms with Crippen LogP contribution in [0.4, 0.5) is 0 Å². The van der Waals surface area contributed by atoms with Gasteiger partial charge in [-0.3, -0.25) is 14.9 Å². The van der Waals surface area contributed by atoms with Gasteiger partial charge in [-0.05, 0) is 43.3 Å². The van der Waals surface area contributed by atoms with Crippen LogP contribution in [0.25, 0.3) is 11.0 Å². The molecule has 2 aromatic carbocycles. The van der Waals surface area contributed by atoms with Gasteiger partial charge >= 0.3 is 0 Å². The molecule has 0 fully saturated rings. The van der Waals surface area contributed by atoms with Crippen molar-refractivity contribution in [1.29, 1.82) is 0 Å². The highest BCUT2D eigenvalue weighted by atomic mass is 16.5. The summed E-state index contributed by atoms with van der Waals surface area (Å²) in [6, 6.07) is 14.1. The molecule has 0 amide bonds. The Hall–Kier alpha value is -3.95. The van der Waals surface area contributed by atoms with Crippen LogP contribution in [0.15, 0.2) is 63.8 Å². The van der Waals surface area contributed by atoms with Crippen LogP contribution in [0.3, 0.4) is 0 Å². The van der Waals surface area contributed by atoms with E-state index in [-0.39, 0.29) is 30.5 Å². The predicted molar refractivity (Wildman–Crippen MR) is 125 cm³/mol. The number of hydrogen-bond donors (Lipinski definition) is 3. The minimum atomic E-state index is -1.12. The lowest BCUT2D eigenvalue weighted by molar-refractivity contribution is 0.0925. The molecule has 0 aliphatic rings. The topological polar surface area (TPSA) is 127 Å². The van der Waals surface area contributed by atoms with Crippen molar-refractivity contribution >= 4 is 16.8 Å². The maximum atomic E-state index is 13.4. The fraction of sp³-hybridized carbons (Fsp3) is 0.240. The lowest BCUT2D eigenvalue weighted by atomic mass is 10.0. The third-order valence-electron chi connectivity index (χ3n) is 5.53. The van der Waals surface area contributed by atoms with Crippen LogP contribution in [0.2, 0.25) is 0 Å². The van der Waals surface area contributed by atoms with Gasteiger partial charge in [-0.2, -0.15) is 0 Å². The Bertz CT molecular complexity index is 1370. The van der Waals surface area contributed by atoms with E-state index in [1.54, 1.807) is 31.2 Å². The normalized spacial score (nSPS) is 12.1. The van der Waals surface area contributed by atoms with E-state index in [0.717, 1.165) is 11.0 Å². The number of aliphatic hydroxyl groups excluding tert-OH is 1. The van der Waals surface area contributed by atoms with Crippen LogP contribution in [0.1, 0.15) is 33.7 Å². The van der Waals surface area contributed by atoms with Crippen molar-refractivity contribution in [2.75, 3.05) is 13.7 Å². The molecular formula is C25H25N3O6. The van der Waals surface area contributed by atoms with E-state index in [0.29, 0.717) is 23.7 Å². The number of hydrogen-bond acceptors (Lipinski definition) is 8. The van der Waals surface area contributed by atoms with E-state index in [4.69, 9.17) is 9.15 Å². The van der Waals surface area contributed by atoms with Crippen LogP contribution < -0.4 is 15.5 Å². The molecule has 0 radical (unpaired) electrons. The van der Waals surface area contributed by atoms with Crippen molar-refractivity contribution in [3.05, 3.63) is 87.7 Å². The van der Waals surface area contributed by atoms with Crippen LogP contribution in [0, 0.1) is 6.92 Å². The zero-order chi connectivity index (χ0) is 24.2. The number of para-hydroxylation sites is 2. The number of fused-ring (bicyclic) bond motifs is 1. The molecule has 0 aliphatic carbocycles. The molecule has 0 saturated carbocycles. The average Bonchev–Trinajstić information content (AvgIpc) is 3.21. The van der Waals surface area contributed by atoms with E-state index in [1.807, 2.05) is 28.8 Å². The molecule has 0 bridgehead atoms. The molecule has 0 aliphatic heterocycles. The number of carbonyl (C=O) groups excluding carboxylic acids is 1. The quantitative estimate of drug-likeness (QED) is 0.324. The van der Waals surface area contributed by atoms with E-state index in [1.165, 1.54) is 13.2 Å². The molecule has 176 valence electrons. The Morgan fingerprint density at radius 2 is 1.94 bits per heavy atom. The summed E-state index contributed by atoms with van der Waals surface area (Å²) in [5, 5.41) is 23.3. The number of aromatic nitrogens is 2. The first-order valence-corrected chi connectivity index (χ1v) is 10.7. The summed E-state index contributed by atoms with van der Waals surface area (Å²) in [6.07, 6.45) is 0. The number of rotatable bonds is 9. The molecule has 0 saturated heterocycles. The Morgan fingerprint density at radius 3 is 2.65 bits per heavy atom. The monoisotopic (exact) mass is 463 g/mol. The number of methoxy groups -OCH3 is 1. The van der Waals surface area contributed by atoms with Gasteiger partial charge in [0.15, 0.2) is 11.5 Å². The van der Waals surface area contributed by atoms with Gasteiger partial charge in [-0.1, -0.05) is 12.1 Å². The van der Waals surface area contributed by atoms with E-state index in [9.17, 15) is 19.8 Å². The number of benzene rings is 2. The van der Waals surface area contributed by atoms with Crippen molar-refractivity contribution < 1.29 is 24.2 Å². The molecule has 2 aromatic heterocycles. The van der Waals surface area contributed by atoms with Crippen LogP contribution in [-0.2, 0) is 13.2 Å². The molecule has 1 unspecified atom stereocenters. The highest BCUT2D eigenvalue weighted by molar-refractivity contribution is 6.00. The summed E-state index contributed by atoms with van der Waals surface area (Å²) in [7, 11) is 1.53. The predicted octanol–water partition coefficient (Wildman–Crippen LogP) is 2.72. The number of imidazole rings is 1. The summed E-state index contributed by atoms with van der Waals surface area (Å²) in [4.78, 5) is 30.0. The summed E-state index contributed by atoms with van der Waals surface area (Å²) in [5.41, 5.74) is 1.32. The van der Waals surface area contributed by atoms with E-state index < -0.39 is 17.2 Å². The minimum absolute atomic E-state index is 0.149. The van der Waals surface area contributed by atoms with Gasteiger partial charge < -0.3 is 23.9 Å². The number of nitrogens with zero attached hydrogens (tertiary/aromatic N) is 2.